The van der Waals surface area contributed by atoms with Gasteiger partial charge in [-0.25, -0.2) is 4.79 Å². The van der Waals surface area contributed by atoms with Crippen LogP contribution in [-0.2, 0) is 11.3 Å². The van der Waals surface area contributed by atoms with E-state index < -0.39 is 0 Å². The van der Waals surface area contributed by atoms with E-state index >= 15 is 0 Å². The molecule has 2 heterocycles. The van der Waals surface area contributed by atoms with Crippen LogP contribution in [0.5, 0.6) is 0 Å². The number of carbonyl (C=O) groups is 2. The maximum atomic E-state index is 12.6. The van der Waals surface area contributed by atoms with Crippen molar-refractivity contribution in [3.8, 4) is 0 Å². The van der Waals surface area contributed by atoms with E-state index in [4.69, 9.17) is 0 Å². The van der Waals surface area contributed by atoms with Gasteiger partial charge >= 0.3 is 6.03 Å². The molecule has 1 aliphatic carbocycles. The fourth-order valence-electron chi connectivity index (χ4n) is 3.96. The lowest BCUT2D eigenvalue weighted by Crippen LogP contribution is -2.31. The molecule has 1 atom stereocenters. The number of amides is 3. The number of benzene rings is 1. The van der Waals surface area contributed by atoms with E-state index in [1.54, 1.807) is 24.5 Å². The van der Waals surface area contributed by atoms with Crippen LogP contribution in [0, 0.1) is 11.3 Å². The topological polar surface area (TPSA) is 95.2 Å². The summed E-state index contributed by atoms with van der Waals surface area (Å²) in [5.74, 6) is 0.191. The normalized spacial score (nSPS) is 18.3. The summed E-state index contributed by atoms with van der Waals surface area (Å²) in [6.45, 7) is 2.42. The van der Waals surface area contributed by atoms with Crippen molar-refractivity contribution in [1.82, 2.24) is 15.6 Å². The Kier molecular flexibility index (Phi) is 8.46. The molecule has 7 nitrogen and oxygen atoms in total. The molecule has 30 heavy (non-hydrogen) atoms. The molecule has 0 bridgehead atoms. The second kappa shape index (κ2) is 10.6. The van der Waals surface area contributed by atoms with Gasteiger partial charge in [0, 0.05) is 36.2 Å². The Morgan fingerprint density at radius 1 is 1.03 bits per heavy atom. The molecule has 4 rings (SSSR count). The first-order chi connectivity index (χ1) is 13.6. The van der Waals surface area contributed by atoms with Crippen molar-refractivity contribution in [2.45, 2.75) is 25.8 Å². The lowest BCUT2D eigenvalue weighted by Gasteiger charge is -2.23. The van der Waals surface area contributed by atoms with Crippen molar-refractivity contribution in [2.75, 3.05) is 23.7 Å². The summed E-state index contributed by atoms with van der Waals surface area (Å²) in [6.07, 6.45) is 6.51. The molecule has 1 unspecified atom stereocenters. The third-order valence-corrected chi connectivity index (χ3v) is 5.70. The Morgan fingerprint density at radius 3 is 2.40 bits per heavy atom. The fraction of sp³-hybridized carbons (Fsp3) is 0.381. The van der Waals surface area contributed by atoms with Gasteiger partial charge in [-0.1, -0.05) is 6.07 Å². The lowest BCUT2D eigenvalue weighted by molar-refractivity contribution is -0.118. The highest BCUT2D eigenvalue weighted by Crippen LogP contribution is 2.58. The molecule has 2 fully saturated rings. The summed E-state index contributed by atoms with van der Waals surface area (Å²) in [6, 6.07) is 10.6. The number of carbonyl (C=O) groups excluding carboxylic acids is 2. The van der Waals surface area contributed by atoms with Gasteiger partial charge in [0.2, 0.25) is 5.91 Å². The number of hydrogen-bond acceptors (Lipinski definition) is 4. The number of nitrogens with one attached hydrogen (secondary N) is 4. The molecular formula is C21H27Cl2N5O2. The molecule has 2 aliphatic rings. The van der Waals surface area contributed by atoms with Crippen molar-refractivity contribution in [3.05, 3.63) is 54.4 Å². The zero-order chi connectivity index (χ0) is 19.4. The van der Waals surface area contributed by atoms with Gasteiger partial charge in [-0.2, -0.15) is 0 Å². The Hall–Kier alpha value is -2.35. The average Bonchev–Trinajstić information content (AvgIpc) is 3.41. The van der Waals surface area contributed by atoms with Gasteiger partial charge in [0.15, 0.2) is 0 Å². The number of hydrogen-bond donors (Lipinski definition) is 4. The third kappa shape index (κ3) is 5.84. The zero-order valence-electron chi connectivity index (χ0n) is 16.5. The first kappa shape index (κ1) is 23.9. The quantitative estimate of drug-likeness (QED) is 0.558. The summed E-state index contributed by atoms with van der Waals surface area (Å²) < 4.78 is 0. The number of halogens is 2. The van der Waals surface area contributed by atoms with Crippen LogP contribution in [0.25, 0.3) is 0 Å². The summed E-state index contributed by atoms with van der Waals surface area (Å²) in [5, 5.41) is 12.0. The molecule has 1 saturated heterocycles. The van der Waals surface area contributed by atoms with Crippen LogP contribution in [0.4, 0.5) is 16.2 Å². The molecule has 1 aromatic heterocycles. The van der Waals surface area contributed by atoms with E-state index in [1.165, 1.54) is 0 Å². The van der Waals surface area contributed by atoms with E-state index in [1.807, 2.05) is 24.3 Å². The maximum Gasteiger partial charge on any atom is 0.319 e. The highest BCUT2D eigenvalue weighted by atomic mass is 35.5. The van der Waals surface area contributed by atoms with Crippen molar-refractivity contribution in [1.29, 1.82) is 0 Å². The number of anilines is 2. The van der Waals surface area contributed by atoms with Gasteiger partial charge in [0.05, 0.1) is 0 Å². The minimum absolute atomic E-state index is 0. The van der Waals surface area contributed by atoms with Gasteiger partial charge in [-0.15, -0.1) is 24.8 Å². The van der Waals surface area contributed by atoms with Gasteiger partial charge in [-0.3, -0.25) is 9.78 Å². The Bertz CT molecular complexity index is 859. The lowest BCUT2D eigenvalue weighted by atomic mass is 9.92. The molecule has 2 aromatic rings. The maximum absolute atomic E-state index is 12.6. The number of piperidine rings is 1. The molecule has 1 aromatic carbocycles. The van der Waals surface area contributed by atoms with Crippen molar-refractivity contribution >= 4 is 48.1 Å². The van der Waals surface area contributed by atoms with Gasteiger partial charge < -0.3 is 21.3 Å². The largest absolute Gasteiger partial charge is 0.334 e. The van der Waals surface area contributed by atoms with Gasteiger partial charge in [0.1, 0.15) is 0 Å². The molecule has 162 valence electrons. The number of pyridine rings is 1. The summed E-state index contributed by atoms with van der Waals surface area (Å²) in [4.78, 5) is 28.7. The first-order valence-corrected chi connectivity index (χ1v) is 9.70. The standard InChI is InChI=1S/C21H25N5O2.2ClH/c27-19(18-13-21(18)6-10-23-11-7-21)25-16-2-1-3-17(12-16)26-20(28)24-14-15-4-8-22-9-5-15;;/h1-5,8-9,12,18,23H,6-7,10-11,13-14H2,(H,25,27)(H2,24,26,28);2*1H. The number of nitrogens with zero attached hydrogens (tertiary/aromatic N) is 1. The summed E-state index contributed by atoms with van der Waals surface area (Å²) in [5.41, 5.74) is 2.52. The van der Waals surface area contributed by atoms with E-state index in [9.17, 15) is 9.59 Å². The zero-order valence-corrected chi connectivity index (χ0v) is 18.2. The number of urea groups is 1. The van der Waals surface area contributed by atoms with Gasteiger partial charge in [0.25, 0.3) is 0 Å². The van der Waals surface area contributed by atoms with E-state index in [2.05, 4.69) is 26.3 Å². The Balaban J connectivity index is 0.00000160. The Morgan fingerprint density at radius 2 is 1.70 bits per heavy atom. The highest BCUT2D eigenvalue weighted by molar-refractivity contribution is 5.96. The number of rotatable bonds is 5. The summed E-state index contributed by atoms with van der Waals surface area (Å²) >= 11 is 0. The van der Waals surface area contributed by atoms with Crippen molar-refractivity contribution < 1.29 is 9.59 Å². The molecular weight excluding hydrogens is 425 g/mol. The van der Waals surface area contributed by atoms with Crippen LogP contribution < -0.4 is 21.3 Å². The van der Waals surface area contributed by atoms with Gasteiger partial charge in [-0.05, 0) is 73.7 Å². The molecule has 1 spiro atoms. The predicted octanol–water partition coefficient (Wildman–Crippen LogP) is 3.58. The van der Waals surface area contributed by atoms with E-state index in [0.717, 1.165) is 37.9 Å². The van der Waals surface area contributed by atoms with Crippen LogP contribution >= 0.6 is 24.8 Å². The molecule has 4 N–H and O–H groups in total. The minimum Gasteiger partial charge on any atom is -0.334 e. The molecule has 0 radical (unpaired) electrons. The second-order valence-electron chi connectivity index (χ2n) is 7.60. The van der Waals surface area contributed by atoms with Crippen molar-refractivity contribution in [2.24, 2.45) is 11.3 Å². The SMILES string of the molecule is Cl.Cl.O=C(NCc1ccncc1)Nc1cccc(NC(=O)C2CC23CCNCC3)c1. The first-order valence-electron chi connectivity index (χ1n) is 9.70. The molecule has 3 amide bonds. The van der Waals surface area contributed by atoms with Crippen LogP contribution in [0.3, 0.4) is 0 Å². The van der Waals surface area contributed by atoms with E-state index in [-0.39, 0.29) is 48.1 Å². The monoisotopic (exact) mass is 451 g/mol. The third-order valence-electron chi connectivity index (χ3n) is 5.70. The molecule has 1 aliphatic heterocycles. The second-order valence-corrected chi connectivity index (χ2v) is 7.60. The van der Waals surface area contributed by atoms with Crippen molar-refractivity contribution in [3.63, 3.8) is 0 Å². The van der Waals surface area contributed by atoms with Crippen LogP contribution in [0.15, 0.2) is 48.8 Å². The smallest absolute Gasteiger partial charge is 0.319 e. The molecule has 9 heteroatoms. The predicted molar refractivity (Wildman–Crippen MR) is 122 cm³/mol. The van der Waals surface area contributed by atoms with E-state index in [0.29, 0.717) is 17.9 Å². The van der Waals surface area contributed by atoms with Crippen LogP contribution in [0.1, 0.15) is 24.8 Å². The number of aromatic nitrogens is 1. The molecule has 1 saturated carbocycles. The fourth-order valence-corrected chi connectivity index (χ4v) is 3.96. The van der Waals surface area contributed by atoms with Crippen LogP contribution in [-0.4, -0.2) is 30.0 Å². The Labute approximate surface area is 188 Å². The van der Waals surface area contributed by atoms with Crippen LogP contribution in [0.2, 0.25) is 0 Å². The average molecular weight is 452 g/mol. The highest BCUT2D eigenvalue weighted by Gasteiger charge is 2.57. The summed E-state index contributed by atoms with van der Waals surface area (Å²) in [7, 11) is 0. The minimum atomic E-state index is -0.295.